The summed E-state index contributed by atoms with van der Waals surface area (Å²) in [7, 11) is 1.64. The van der Waals surface area contributed by atoms with Gasteiger partial charge in [0.2, 0.25) is 0 Å². The van der Waals surface area contributed by atoms with Crippen molar-refractivity contribution < 1.29 is 28.5 Å². The van der Waals surface area contributed by atoms with Crippen LogP contribution in [0.2, 0.25) is 0 Å². The van der Waals surface area contributed by atoms with Gasteiger partial charge < -0.3 is 23.7 Å². The van der Waals surface area contributed by atoms with Crippen molar-refractivity contribution in [2.45, 2.75) is 58.3 Å². The van der Waals surface area contributed by atoms with Gasteiger partial charge in [-0.15, -0.1) is 0 Å². The monoisotopic (exact) mass is 362 g/mol. The molecule has 0 saturated heterocycles. The fourth-order valence-corrected chi connectivity index (χ4v) is 2.20. The molecule has 25 heavy (non-hydrogen) atoms. The quantitative estimate of drug-likeness (QED) is 0.244. The van der Waals surface area contributed by atoms with Crippen LogP contribution in [0.4, 0.5) is 0 Å². The molecular formula is C19H38O6. The van der Waals surface area contributed by atoms with E-state index in [-0.39, 0.29) is 5.97 Å². The van der Waals surface area contributed by atoms with Crippen molar-refractivity contribution in [1.82, 2.24) is 0 Å². The Bertz CT molecular complexity index is 273. The van der Waals surface area contributed by atoms with Crippen LogP contribution in [0.15, 0.2) is 0 Å². The van der Waals surface area contributed by atoms with Crippen LogP contribution in [-0.4, -0.2) is 65.9 Å². The Balaban J connectivity index is 3.12. The first kappa shape index (κ1) is 24.3. The summed E-state index contributed by atoms with van der Waals surface area (Å²) in [5.74, 6) is -0.124. The van der Waals surface area contributed by atoms with Gasteiger partial charge in [0.05, 0.1) is 46.2 Å². The first-order valence-corrected chi connectivity index (χ1v) is 9.69. The Kier molecular flexibility index (Phi) is 20.8. The van der Waals surface area contributed by atoms with E-state index < -0.39 is 0 Å². The molecule has 0 unspecified atom stereocenters. The lowest BCUT2D eigenvalue weighted by Crippen LogP contribution is -2.14. The topological polar surface area (TPSA) is 63.2 Å². The van der Waals surface area contributed by atoms with Crippen LogP contribution >= 0.6 is 0 Å². The highest BCUT2D eigenvalue weighted by molar-refractivity contribution is 5.69. The van der Waals surface area contributed by atoms with E-state index in [1.54, 1.807) is 7.11 Å². The summed E-state index contributed by atoms with van der Waals surface area (Å²) in [5.41, 5.74) is 0. The molecule has 6 nitrogen and oxygen atoms in total. The molecule has 0 spiro atoms. The van der Waals surface area contributed by atoms with Crippen molar-refractivity contribution in [3.8, 4) is 0 Å². The highest BCUT2D eigenvalue weighted by Gasteiger charge is 2.02. The second kappa shape index (κ2) is 21.4. The minimum absolute atomic E-state index is 0.124. The van der Waals surface area contributed by atoms with Gasteiger partial charge in [0, 0.05) is 13.5 Å². The van der Waals surface area contributed by atoms with Gasteiger partial charge in [-0.25, -0.2) is 0 Å². The number of rotatable bonds is 20. The number of esters is 1. The molecule has 0 amide bonds. The maximum absolute atomic E-state index is 11.5. The first-order valence-electron chi connectivity index (χ1n) is 9.69. The largest absolute Gasteiger partial charge is 0.463 e. The molecule has 0 radical (unpaired) electrons. The number of unbranched alkanes of at least 4 members (excludes halogenated alkanes) is 6. The SMILES string of the molecule is CCCCCCCCCC(=O)OCCOCCOCCOCCOC. The lowest BCUT2D eigenvalue weighted by molar-refractivity contribution is -0.145. The van der Waals surface area contributed by atoms with Gasteiger partial charge in [0.25, 0.3) is 0 Å². The van der Waals surface area contributed by atoms with Crippen molar-refractivity contribution in [3.63, 3.8) is 0 Å². The summed E-state index contributed by atoms with van der Waals surface area (Å²) in [6.45, 7) is 6.23. The number of hydrogen-bond donors (Lipinski definition) is 0. The molecule has 0 rings (SSSR count). The predicted molar refractivity (Wildman–Crippen MR) is 97.9 cm³/mol. The molecule has 0 atom stereocenters. The zero-order chi connectivity index (χ0) is 18.4. The molecule has 6 heteroatoms. The van der Waals surface area contributed by atoms with Crippen LogP contribution in [0.25, 0.3) is 0 Å². The van der Waals surface area contributed by atoms with E-state index in [0.717, 1.165) is 12.8 Å². The molecule has 0 heterocycles. The average molecular weight is 363 g/mol. The van der Waals surface area contributed by atoms with E-state index in [1.165, 1.54) is 32.1 Å². The minimum Gasteiger partial charge on any atom is -0.463 e. The maximum Gasteiger partial charge on any atom is 0.305 e. The zero-order valence-corrected chi connectivity index (χ0v) is 16.3. The molecule has 0 fully saturated rings. The fraction of sp³-hybridized carbons (Fsp3) is 0.947. The van der Waals surface area contributed by atoms with E-state index in [9.17, 15) is 4.79 Å². The van der Waals surface area contributed by atoms with E-state index in [4.69, 9.17) is 23.7 Å². The van der Waals surface area contributed by atoms with Crippen molar-refractivity contribution >= 4 is 5.97 Å². The molecule has 0 aliphatic heterocycles. The number of carbonyl (C=O) groups is 1. The first-order chi connectivity index (χ1) is 12.3. The lowest BCUT2D eigenvalue weighted by atomic mass is 10.1. The fourth-order valence-electron chi connectivity index (χ4n) is 2.20. The Hall–Kier alpha value is -0.690. The Morgan fingerprint density at radius 3 is 1.68 bits per heavy atom. The molecule has 0 bridgehead atoms. The van der Waals surface area contributed by atoms with Crippen LogP contribution in [0.5, 0.6) is 0 Å². The molecular weight excluding hydrogens is 324 g/mol. The van der Waals surface area contributed by atoms with Gasteiger partial charge >= 0.3 is 5.97 Å². The normalized spacial score (nSPS) is 11.0. The summed E-state index contributed by atoms with van der Waals surface area (Å²) in [6.07, 6.45) is 8.93. The molecule has 0 aromatic carbocycles. The van der Waals surface area contributed by atoms with E-state index in [1.807, 2.05) is 0 Å². The van der Waals surface area contributed by atoms with Gasteiger partial charge in [-0.2, -0.15) is 0 Å². The molecule has 0 aromatic rings. The third-order valence-corrected chi connectivity index (χ3v) is 3.65. The van der Waals surface area contributed by atoms with E-state index in [2.05, 4.69) is 6.92 Å². The van der Waals surface area contributed by atoms with Crippen molar-refractivity contribution in [1.29, 1.82) is 0 Å². The minimum atomic E-state index is -0.124. The summed E-state index contributed by atoms with van der Waals surface area (Å²) in [5, 5.41) is 0. The molecule has 0 aliphatic rings. The molecule has 0 aliphatic carbocycles. The van der Waals surface area contributed by atoms with E-state index in [0.29, 0.717) is 59.3 Å². The van der Waals surface area contributed by atoms with Crippen LogP contribution in [0, 0.1) is 0 Å². The van der Waals surface area contributed by atoms with Crippen LogP contribution < -0.4 is 0 Å². The third kappa shape index (κ3) is 21.3. The summed E-state index contributed by atoms with van der Waals surface area (Å²) in [4.78, 5) is 11.5. The standard InChI is InChI=1S/C19H38O6/c1-3-4-5-6-7-8-9-10-19(20)25-18-17-24-16-15-23-14-13-22-12-11-21-2/h3-18H2,1-2H3. The Labute approximate surface area is 153 Å². The smallest absolute Gasteiger partial charge is 0.305 e. The van der Waals surface area contributed by atoms with Crippen molar-refractivity contribution in [2.24, 2.45) is 0 Å². The zero-order valence-electron chi connectivity index (χ0n) is 16.3. The lowest BCUT2D eigenvalue weighted by Gasteiger charge is -2.07. The van der Waals surface area contributed by atoms with Gasteiger partial charge in [-0.05, 0) is 6.42 Å². The molecule has 0 aromatic heterocycles. The van der Waals surface area contributed by atoms with Crippen LogP contribution in [0.1, 0.15) is 58.3 Å². The summed E-state index contributed by atoms with van der Waals surface area (Å²) >= 11 is 0. The number of methoxy groups -OCH3 is 1. The summed E-state index contributed by atoms with van der Waals surface area (Å²) in [6, 6.07) is 0. The second-order valence-electron chi connectivity index (χ2n) is 5.92. The molecule has 0 saturated carbocycles. The van der Waals surface area contributed by atoms with E-state index >= 15 is 0 Å². The van der Waals surface area contributed by atoms with Gasteiger partial charge in [0.1, 0.15) is 6.61 Å². The van der Waals surface area contributed by atoms with Crippen molar-refractivity contribution in [2.75, 3.05) is 60.0 Å². The van der Waals surface area contributed by atoms with Crippen molar-refractivity contribution in [3.05, 3.63) is 0 Å². The molecule has 150 valence electrons. The highest BCUT2D eigenvalue weighted by Crippen LogP contribution is 2.08. The Morgan fingerprint density at radius 1 is 0.640 bits per heavy atom. The summed E-state index contributed by atoms with van der Waals surface area (Å²) < 4.78 is 25.9. The average Bonchev–Trinajstić information content (AvgIpc) is 2.62. The second-order valence-corrected chi connectivity index (χ2v) is 5.92. The predicted octanol–water partition coefficient (Wildman–Crippen LogP) is 3.37. The molecule has 0 N–H and O–H groups in total. The van der Waals surface area contributed by atoms with Gasteiger partial charge in [-0.3, -0.25) is 4.79 Å². The van der Waals surface area contributed by atoms with Gasteiger partial charge in [-0.1, -0.05) is 45.4 Å². The van der Waals surface area contributed by atoms with Crippen LogP contribution in [0.3, 0.4) is 0 Å². The number of ether oxygens (including phenoxy) is 5. The van der Waals surface area contributed by atoms with Crippen LogP contribution in [-0.2, 0) is 28.5 Å². The maximum atomic E-state index is 11.5. The number of carbonyl (C=O) groups excluding carboxylic acids is 1. The number of hydrogen-bond acceptors (Lipinski definition) is 6. The third-order valence-electron chi connectivity index (χ3n) is 3.65. The Morgan fingerprint density at radius 2 is 1.12 bits per heavy atom. The van der Waals surface area contributed by atoms with Gasteiger partial charge in [0.15, 0.2) is 0 Å². The highest BCUT2D eigenvalue weighted by atomic mass is 16.6.